The highest BCUT2D eigenvalue weighted by Gasteiger charge is 2.34. The number of hydrogen-bond donors (Lipinski definition) is 1. The first kappa shape index (κ1) is 14.9. The van der Waals surface area contributed by atoms with Crippen LogP contribution in [0.1, 0.15) is 18.4 Å². The molecule has 0 aromatic carbocycles. The smallest absolute Gasteiger partial charge is 0.383 e. The topological polar surface area (TPSA) is 37.4 Å². The van der Waals surface area contributed by atoms with Crippen LogP contribution < -0.4 is 10.2 Å². The molecular formula is C13H18F3N3O. The molecule has 0 unspecified atom stereocenters. The maximum atomic E-state index is 12.9. The van der Waals surface area contributed by atoms with Gasteiger partial charge in [0.05, 0.1) is 12.2 Å². The average molecular weight is 289 g/mol. The van der Waals surface area contributed by atoms with Gasteiger partial charge in [0.15, 0.2) is 0 Å². The summed E-state index contributed by atoms with van der Waals surface area (Å²) in [6, 6.07) is 2.39. The summed E-state index contributed by atoms with van der Waals surface area (Å²) in [5, 5.41) is 2.68. The molecule has 0 atom stereocenters. The van der Waals surface area contributed by atoms with Crippen LogP contribution in [0.2, 0.25) is 0 Å². The summed E-state index contributed by atoms with van der Waals surface area (Å²) in [5.41, 5.74) is -0.685. The molecule has 2 rings (SSSR count). The standard InChI is InChI=1S/C13H18F3N3O/c1-17-11-7-9(13(14,15)16)8-12(18-11)19(5-6-20-2)10-3-4-10/h7-8,10H,3-6H2,1-2H3,(H,17,18). The molecule has 1 aliphatic rings. The van der Waals surface area contributed by atoms with Crippen LogP contribution >= 0.6 is 0 Å². The number of nitrogens with one attached hydrogen (secondary N) is 1. The zero-order valence-corrected chi connectivity index (χ0v) is 11.5. The lowest BCUT2D eigenvalue weighted by Crippen LogP contribution is -2.30. The van der Waals surface area contributed by atoms with E-state index in [0.29, 0.717) is 19.0 Å². The Morgan fingerprint density at radius 3 is 2.60 bits per heavy atom. The van der Waals surface area contributed by atoms with Crippen LogP contribution in [0.3, 0.4) is 0 Å². The normalized spacial score (nSPS) is 15.2. The Bertz CT molecular complexity index is 461. The van der Waals surface area contributed by atoms with Crippen LogP contribution in [0, 0.1) is 0 Å². The van der Waals surface area contributed by atoms with Crippen molar-refractivity contribution in [2.45, 2.75) is 25.1 Å². The van der Waals surface area contributed by atoms with Gasteiger partial charge in [-0.3, -0.25) is 0 Å². The maximum absolute atomic E-state index is 12.9. The van der Waals surface area contributed by atoms with Crippen LogP contribution in [0.15, 0.2) is 12.1 Å². The van der Waals surface area contributed by atoms with Gasteiger partial charge >= 0.3 is 6.18 Å². The van der Waals surface area contributed by atoms with Gasteiger partial charge in [-0.15, -0.1) is 0 Å². The molecule has 1 N–H and O–H groups in total. The maximum Gasteiger partial charge on any atom is 0.416 e. The second-order valence-corrected chi connectivity index (χ2v) is 4.76. The lowest BCUT2D eigenvalue weighted by Gasteiger charge is -2.24. The van der Waals surface area contributed by atoms with E-state index in [9.17, 15) is 13.2 Å². The third-order valence-corrected chi connectivity index (χ3v) is 3.21. The van der Waals surface area contributed by atoms with E-state index >= 15 is 0 Å². The third-order valence-electron chi connectivity index (χ3n) is 3.21. The van der Waals surface area contributed by atoms with Gasteiger partial charge in [0.2, 0.25) is 0 Å². The van der Waals surface area contributed by atoms with Crippen molar-refractivity contribution in [1.82, 2.24) is 4.98 Å². The molecule has 20 heavy (non-hydrogen) atoms. The molecule has 1 aliphatic carbocycles. The molecular weight excluding hydrogens is 271 g/mol. The summed E-state index contributed by atoms with van der Waals surface area (Å²) in [6.07, 6.45) is -2.41. The summed E-state index contributed by atoms with van der Waals surface area (Å²) < 4.78 is 43.8. The molecule has 0 bridgehead atoms. The molecule has 0 radical (unpaired) electrons. The first-order chi connectivity index (χ1) is 9.45. The molecule has 0 saturated heterocycles. The van der Waals surface area contributed by atoms with Crippen molar-refractivity contribution in [3.05, 3.63) is 17.7 Å². The second kappa shape index (κ2) is 5.87. The number of aromatic nitrogens is 1. The first-order valence-corrected chi connectivity index (χ1v) is 6.48. The van der Waals surface area contributed by atoms with Crippen LogP contribution in [-0.2, 0) is 10.9 Å². The van der Waals surface area contributed by atoms with Crippen molar-refractivity contribution >= 4 is 11.6 Å². The quantitative estimate of drug-likeness (QED) is 0.874. The molecule has 7 heteroatoms. The highest BCUT2D eigenvalue weighted by Crippen LogP contribution is 2.36. The van der Waals surface area contributed by atoms with Gasteiger partial charge in [-0.1, -0.05) is 0 Å². The molecule has 0 aliphatic heterocycles. The summed E-state index contributed by atoms with van der Waals surface area (Å²) >= 11 is 0. The predicted octanol–water partition coefficient (Wildman–Crippen LogP) is 2.76. The molecule has 1 fully saturated rings. The summed E-state index contributed by atoms with van der Waals surface area (Å²) in [7, 11) is 3.13. The zero-order chi connectivity index (χ0) is 14.8. The number of rotatable bonds is 6. The van der Waals surface area contributed by atoms with Crippen molar-refractivity contribution in [3.63, 3.8) is 0 Å². The molecule has 1 saturated carbocycles. The lowest BCUT2D eigenvalue weighted by atomic mass is 10.2. The fourth-order valence-electron chi connectivity index (χ4n) is 2.01. The zero-order valence-electron chi connectivity index (χ0n) is 11.5. The first-order valence-electron chi connectivity index (χ1n) is 6.48. The predicted molar refractivity (Wildman–Crippen MR) is 71.0 cm³/mol. The van der Waals surface area contributed by atoms with Gasteiger partial charge in [0, 0.05) is 26.7 Å². The Morgan fingerprint density at radius 2 is 2.10 bits per heavy atom. The van der Waals surface area contributed by atoms with Crippen molar-refractivity contribution in [2.75, 3.05) is 37.5 Å². The lowest BCUT2D eigenvalue weighted by molar-refractivity contribution is -0.137. The Morgan fingerprint density at radius 1 is 1.40 bits per heavy atom. The number of pyridine rings is 1. The summed E-state index contributed by atoms with van der Waals surface area (Å²) in [4.78, 5) is 6.13. The van der Waals surface area contributed by atoms with E-state index < -0.39 is 11.7 Å². The summed E-state index contributed by atoms with van der Waals surface area (Å²) in [6.45, 7) is 1.00. The number of hydrogen-bond acceptors (Lipinski definition) is 4. The Kier molecular flexibility index (Phi) is 4.37. The molecule has 1 aromatic rings. The minimum Gasteiger partial charge on any atom is -0.383 e. The number of ether oxygens (including phenoxy) is 1. The van der Waals surface area contributed by atoms with E-state index in [1.165, 1.54) is 0 Å². The Hall–Kier alpha value is -1.50. The molecule has 4 nitrogen and oxygen atoms in total. The van der Waals surface area contributed by atoms with Crippen LogP contribution in [0.25, 0.3) is 0 Å². The minimum atomic E-state index is -4.38. The molecule has 0 spiro atoms. The van der Waals surface area contributed by atoms with Crippen LogP contribution in [-0.4, -0.2) is 38.3 Å². The van der Waals surface area contributed by atoms with Gasteiger partial charge in [-0.25, -0.2) is 4.98 Å². The van der Waals surface area contributed by atoms with Crippen molar-refractivity contribution in [3.8, 4) is 0 Å². The highest BCUT2D eigenvalue weighted by atomic mass is 19.4. The molecule has 112 valence electrons. The van der Waals surface area contributed by atoms with E-state index in [1.807, 2.05) is 4.90 Å². The van der Waals surface area contributed by atoms with Gasteiger partial charge < -0.3 is 15.0 Å². The fourth-order valence-corrected chi connectivity index (χ4v) is 2.01. The summed E-state index contributed by atoms with van der Waals surface area (Å²) in [5.74, 6) is 0.571. The van der Waals surface area contributed by atoms with Crippen LogP contribution in [0.5, 0.6) is 0 Å². The molecule has 0 amide bonds. The van der Waals surface area contributed by atoms with E-state index in [2.05, 4.69) is 10.3 Å². The van der Waals surface area contributed by atoms with Gasteiger partial charge in [-0.2, -0.15) is 13.2 Å². The van der Waals surface area contributed by atoms with Gasteiger partial charge in [0.1, 0.15) is 11.6 Å². The number of methoxy groups -OCH3 is 1. The number of anilines is 2. The van der Waals surface area contributed by atoms with E-state index in [0.717, 1.165) is 25.0 Å². The number of nitrogens with zero attached hydrogens (tertiary/aromatic N) is 2. The fraction of sp³-hybridized carbons (Fsp3) is 0.615. The largest absolute Gasteiger partial charge is 0.416 e. The molecule has 1 heterocycles. The number of halogens is 3. The monoisotopic (exact) mass is 289 g/mol. The average Bonchev–Trinajstić information content (AvgIpc) is 3.22. The van der Waals surface area contributed by atoms with Crippen molar-refractivity contribution in [2.24, 2.45) is 0 Å². The third kappa shape index (κ3) is 3.53. The second-order valence-electron chi connectivity index (χ2n) is 4.76. The van der Waals surface area contributed by atoms with Crippen LogP contribution in [0.4, 0.5) is 24.8 Å². The minimum absolute atomic E-state index is 0.220. The van der Waals surface area contributed by atoms with E-state index in [4.69, 9.17) is 4.74 Å². The van der Waals surface area contributed by atoms with Crippen molar-refractivity contribution < 1.29 is 17.9 Å². The Labute approximate surface area is 115 Å². The Balaban J connectivity index is 2.32. The molecule has 1 aromatic heterocycles. The number of alkyl halides is 3. The highest BCUT2D eigenvalue weighted by molar-refractivity contribution is 5.52. The van der Waals surface area contributed by atoms with Gasteiger partial charge in [0.25, 0.3) is 0 Å². The van der Waals surface area contributed by atoms with E-state index in [1.54, 1.807) is 14.2 Å². The SMILES string of the molecule is CNc1cc(C(F)(F)F)cc(N(CCOC)C2CC2)n1. The van der Waals surface area contributed by atoms with Gasteiger partial charge in [-0.05, 0) is 25.0 Å². The van der Waals surface area contributed by atoms with Crippen molar-refractivity contribution in [1.29, 1.82) is 0 Å². The van der Waals surface area contributed by atoms with E-state index in [-0.39, 0.29) is 11.9 Å².